The average Bonchev–Trinajstić information content (AvgIpc) is 3.04. The molecule has 0 bridgehead atoms. The normalized spacial score (nSPS) is 10.3. The molecule has 9 heteroatoms. The molecule has 2 heterocycles. The first-order valence-corrected chi connectivity index (χ1v) is 8.92. The van der Waals surface area contributed by atoms with Crippen LogP contribution in [-0.4, -0.2) is 33.2 Å². The Hall–Kier alpha value is -3.70. The van der Waals surface area contributed by atoms with Crippen molar-refractivity contribution in [3.8, 4) is 11.9 Å². The van der Waals surface area contributed by atoms with E-state index in [0.29, 0.717) is 17.1 Å². The van der Waals surface area contributed by atoms with Crippen LogP contribution in [0, 0.1) is 25.2 Å². The van der Waals surface area contributed by atoms with Gasteiger partial charge in [0, 0.05) is 11.4 Å². The summed E-state index contributed by atoms with van der Waals surface area (Å²) in [6, 6.07) is 13.4. The topological polar surface area (TPSA) is 110 Å². The summed E-state index contributed by atoms with van der Waals surface area (Å²) in [6.07, 6.45) is 0. The quantitative estimate of drug-likeness (QED) is 0.648. The van der Waals surface area contributed by atoms with E-state index in [4.69, 9.17) is 21.6 Å². The Balaban J connectivity index is 1.69. The number of aromatic nitrogens is 3. The number of carbonyl (C=O) groups is 2. The number of rotatable bonds is 5. The fourth-order valence-corrected chi connectivity index (χ4v) is 2.80. The van der Waals surface area contributed by atoms with E-state index in [1.54, 1.807) is 28.9 Å². The van der Waals surface area contributed by atoms with Gasteiger partial charge in [-0.05, 0) is 50.2 Å². The number of amides is 1. The van der Waals surface area contributed by atoms with Crippen molar-refractivity contribution in [2.75, 3.05) is 11.9 Å². The number of halogens is 1. The molecule has 0 unspecified atom stereocenters. The van der Waals surface area contributed by atoms with Crippen LogP contribution in [0.3, 0.4) is 0 Å². The number of hydrogen-bond donors (Lipinski definition) is 1. The fourth-order valence-electron chi connectivity index (χ4n) is 2.62. The van der Waals surface area contributed by atoms with Crippen LogP contribution in [0.5, 0.6) is 0 Å². The molecule has 0 aliphatic carbocycles. The highest BCUT2D eigenvalue weighted by molar-refractivity contribution is 6.33. The number of anilines is 1. The Morgan fingerprint density at radius 2 is 2.03 bits per heavy atom. The number of carbonyl (C=O) groups excluding carboxylic acids is 2. The number of nitrogens with one attached hydrogen (secondary N) is 1. The summed E-state index contributed by atoms with van der Waals surface area (Å²) in [4.78, 5) is 28.6. The number of nitrogens with zero attached hydrogens (tertiary/aromatic N) is 4. The molecular weight excluding hydrogens is 394 g/mol. The van der Waals surface area contributed by atoms with Gasteiger partial charge in [-0.1, -0.05) is 17.7 Å². The molecule has 0 fully saturated rings. The van der Waals surface area contributed by atoms with Crippen molar-refractivity contribution >= 4 is 29.2 Å². The first-order chi connectivity index (χ1) is 13.9. The number of nitriles is 1. The van der Waals surface area contributed by atoms with Crippen molar-refractivity contribution in [3.05, 3.63) is 70.1 Å². The third-order valence-electron chi connectivity index (χ3n) is 3.86. The van der Waals surface area contributed by atoms with Crippen molar-refractivity contribution in [2.24, 2.45) is 0 Å². The van der Waals surface area contributed by atoms with Crippen LogP contribution < -0.4 is 5.32 Å². The Morgan fingerprint density at radius 3 is 2.72 bits per heavy atom. The Morgan fingerprint density at radius 1 is 1.24 bits per heavy atom. The number of hydrogen-bond acceptors (Lipinski definition) is 6. The molecule has 3 rings (SSSR count). The van der Waals surface area contributed by atoms with Gasteiger partial charge in [-0.15, -0.1) is 0 Å². The second kappa shape index (κ2) is 8.54. The van der Waals surface area contributed by atoms with Crippen molar-refractivity contribution in [1.29, 1.82) is 5.26 Å². The van der Waals surface area contributed by atoms with Gasteiger partial charge in [-0.3, -0.25) is 4.79 Å². The van der Waals surface area contributed by atoms with Crippen molar-refractivity contribution in [3.63, 3.8) is 0 Å². The zero-order chi connectivity index (χ0) is 21.0. The largest absolute Gasteiger partial charge is 0.451 e. The highest BCUT2D eigenvalue weighted by Crippen LogP contribution is 2.18. The summed E-state index contributed by atoms with van der Waals surface area (Å²) in [5.41, 5.74) is 2.36. The number of benzene rings is 1. The lowest BCUT2D eigenvalue weighted by molar-refractivity contribution is -0.119. The van der Waals surface area contributed by atoms with Crippen molar-refractivity contribution in [1.82, 2.24) is 14.8 Å². The van der Waals surface area contributed by atoms with E-state index in [1.165, 1.54) is 12.1 Å². The molecule has 0 saturated heterocycles. The molecule has 1 amide bonds. The fraction of sp³-hybridized carbons (Fsp3) is 0.150. The standard InChI is InChI=1S/C20H16ClN5O3/c1-12-8-13(2)26(25-12)17-7-6-16(21)19(24-17)20(28)29-11-18(27)23-15-5-3-4-14(9-15)10-22/h3-9H,11H2,1-2H3,(H,23,27). The summed E-state index contributed by atoms with van der Waals surface area (Å²) in [7, 11) is 0. The minimum atomic E-state index is -0.834. The van der Waals surface area contributed by atoms with Gasteiger partial charge in [0.1, 0.15) is 0 Å². The Bertz CT molecular complexity index is 1130. The molecular formula is C20H16ClN5O3. The third kappa shape index (κ3) is 4.78. The average molecular weight is 410 g/mol. The maximum absolute atomic E-state index is 12.4. The lowest BCUT2D eigenvalue weighted by Crippen LogP contribution is -2.21. The first-order valence-electron chi connectivity index (χ1n) is 8.54. The molecule has 3 aromatic rings. The van der Waals surface area contributed by atoms with Crippen LogP contribution in [0.4, 0.5) is 5.69 Å². The SMILES string of the molecule is Cc1cc(C)n(-c2ccc(Cl)c(C(=O)OCC(=O)Nc3cccc(C#N)c3)n2)n1. The summed E-state index contributed by atoms with van der Waals surface area (Å²) >= 11 is 6.08. The van der Waals surface area contributed by atoms with Gasteiger partial charge in [0.15, 0.2) is 18.1 Å². The minimum absolute atomic E-state index is 0.0995. The van der Waals surface area contributed by atoms with Crippen LogP contribution >= 0.6 is 11.6 Å². The van der Waals surface area contributed by atoms with E-state index >= 15 is 0 Å². The van der Waals surface area contributed by atoms with Gasteiger partial charge in [0.05, 0.1) is 22.3 Å². The third-order valence-corrected chi connectivity index (χ3v) is 4.17. The molecule has 146 valence electrons. The second-order valence-electron chi connectivity index (χ2n) is 6.16. The monoisotopic (exact) mass is 409 g/mol. The molecule has 8 nitrogen and oxygen atoms in total. The van der Waals surface area contributed by atoms with Gasteiger partial charge in [0.2, 0.25) is 0 Å². The number of aryl methyl sites for hydroxylation is 2. The minimum Gasteiger partial charge on any atom is -0.451 e. The lowest BCUT2D eigenvalue weighted by Gasteiger charge is -2.09. The van der Waals surface area contributed by atoms with Crippen LogP contribution in [0.2, 0.25) is 5.02 Å². The maximum Gasteiger partial charge on any atom is 0.359 e. The second-order valence-corrected chi connectivity index (χ2v) is 6.56. The molecule has 0 radical (unpaired) electrons. The zero-order valence-corrected chi connectivity index (χ0v) is 16.4. The first kappa shape index (κ1) is 20.0. The molecule has 0 atom stereocenters. The van der Waals surface area contributed by atoms with E-state index in [-0.39, 0.29) is 10.7 Å². The number of pyridine rings is 1. The van der Waals surface area contributed by atoms with Gasteiger partial charge >= 0.3 is 5.97 Å². The van der Waals surface area contributed by atoms with Gasteiger partial charge in [0.25, 0.3) is 5.91 Å². The molecule has 0 spiro atoms. The van der Waals surface area contributed by atoms with Crippen molar-refractivity contribution < 1.29 is 14.3 Å². The highest BCUT2D eigenvalue weighted by Gasteiger charge is 2.18. The predicted octanol–water partition coefficient (Wildman–Crippen LogP) is 3.20. The van der Waals surface area contributed by atoms with Gasteiger partial charge < -0.3 is 10.1 Å². The zero-order valence-electron chi connectivity index (χ0n) is 15.6. The molecule has 0 saturated carbocycles. The van der Waals surface area contributed by atoms with Gasteiger partial charge in [-0.2, -0.15) is 10.4 Å². The molecule has 29 heavy (non-hydrogen) atoms. The number of ether oxygens (including phenoxy) is 1. The highest BCUT2D eigenvalue weighted by atomic mass is 35.5. The Labute approximate surface area is 171 Å². The smallest absolute Gasteiger partial charge is 0.359 e. The lowest BCUT2D eigenvalue weighted by atomic mass is 10.2. The summed E-state index contributed by atoms with van der Waals surface area (Å²) < 4.78 is 6.61. The summed E-state index contributed by atoms with van der Waals surface area (Å²) in [5, 5.41) is 15.9. The van der Waals surface area contributed by atoms with Crippen LogP contribution in [0.15, 0.2) is 42.5 Å². The predicted molar refractivity (Wildman–Crippen MR) is 106 cm³/mol. The van der Waals surface area contributed by atoms with E-state index in [9.17, 15) is 9.59 Å². The van der Waals surface area contributed by atoms with Crippen LogP contribution in [0.25, 0.3) is 5.82 Å². The van der Waals surface area contributed by atoms with E-state index in [1.807, 2.05) is 26.0 Å². The molecule has 2 aromatic heterocycles. The summed E-state index contributed by atoms with van der Waals surface area (Å²) in [6.45, 7) is 3.18. The van der Waals surface area contributed by atoms with E-state index < -0.39 is 18.5 Å². The summed E-state index contributed by atoms with van der Waals surface area (Å²) in [5.74, 6) is -0.983. The van der Waals surface area contributed by atoms with Crippen LogP contribution in [-0.2, 0) is 9.53 Å². The molecule has 0 aliphatic heterocycles. The van der Waals surface area contributed by atoms with E-state index in [2.05, 4.69) is 15.4 Å². The van der Waals surface area contributed by atoms with E-state index in [0.717, 1.165) is 11.4 Å². The number of esters is 1. The van der Waals surface area contributed by atoms with Crippen molar-refractivity contribution in [2.45, 2.75) is 13.8 Å². The maximum atomic E-state index is 12.4. The molecule has 1 aromatic carbocycles. The van der Waals surface area contributed by atoms with Crippen LogP contribution in [0.1, 0.15) is 27.4 Å². The molecule has 0 aliphatic rings. The Kier molecular flexibility index (Phi) is 5.90. The molecule has 1 N–H and O–H groups in total. The van der Waals surface area contributed by atoms with Gasteiger partial charge in [-0.25, -0.2) is 14.5 Å².